The maximum Gasteiger partial charge on any atom is 0.329 e. The molecule has 7 heteroatoms. The molecule has 1 aromatic rings. The highest BCUT2D eigenvalue weighted by molar-refractivity contribution is 6.30. The minimum Gasteiger partial charge on any atom is -0.341 e. The van der Waals surface area contributed by atoms with Crippen molar-refractivity contribution in [1.29, 1.82) is 0 Å². The third kappa shape index (κ3) is 4.20. The SMILES string of the molecule is O=C(CN1C(=O)N/C(=C\c2ccc(Cl)cc2)C1=O)N1CCCCCC1. The number of amides is 4. The number of likely N-dealkylation sites (tertiary alicyclic amines) is 1. The third-order valence-electron chi connectivity index (χ3n) is 4.40. The van der Waals surface area contributed by atoms with Crippen molar-refractivity contribution in [3.63, 3.8) is 0 Å². The van der Waals surface area contributed by atoms with Crippen LogP contribution in [0.15, 0.2) is 30.0 Å². The van der Waals surface area contributed by atoms with Gasteiger partial charge in [-0.1, -0.05) is 36.6 Å². The molecule has 1 N–H and O–H groups in total. The van der Waals surface area contributed by atoms with Gasteiger partial charge in [0.2, 0.25) is 5.91 Å². The van der Waals surface area contributed by atoms with Crippen molar-refractivity contribution in [1.82, 2.24) is 15.1 Å². The molecule has 2 heterocycles. The second kappa shape index (κ2) is 7.70. The van der Waals surface area contributed by atoms with E-state index in [1.165, 1.54) is 0 Å². The number of hydrogen-bond donors (Lipinski definition) is 1. The summed E-state index contributed by atoms with van der Waals surface area (Å²) in [5.41, 5.74) is 0.907. The summed E-state index contributed by atoms with van der Waals surface area (Å²) >= 11 is 5.84. The van der Waals surface area contributed by atoms with Crippen molar-refractivity contribution in [3.05, 3.63) is 40.5 Å². The molecular formula is C18H20ClN3O3. The highest BCUT2D eigenvalue weighted by Gasteiger charge is 2.35. The van der Waals surface area contributed by atoms with Gasteiger partial charge in [0, 0.05) is 18.1 Å². The minimum absolute atomic E-state index is 0.163. The van der Waals surface area contributed by atoms with Crippen molar-refractivity contribution < 1.29 is 14.4 Å². The highest BCUT2D eigenvalue weighted by Crippen LogP contribution is 2.17. The predicted octanol–water partition coefficient (Wildman–Crippen LogP) is 2.64. The van der Waals surface area contributed by atoms with E-state index in [9.17, 15) is 14.4 Å². The first-order chi connectivity index (χ1) is 12.0. The Kier molecular flexibility index (Phi) is 5.38. The zero-order valence-electron chi connectivity index (χ0n) is 13.8. The summed E-state index contributed by atoms with van der Waals surface area (Å²) in [6.07, 6.45) is 5.73. The number of urea groups is 1. The fraction of sp³-hybridized carbons (Fsp3) is 0.389. The number of nitrogens with zero attached hydrogens (tertiary/aromatic N) is 2. The third-order valence-corrected chi connectivity index (χ3v) is 4.65. The number of imide groups is 1. The quantitative estimate of drug-likeness (QED) is 0.664. The number of carbonyl (C=O) groups is 3. The molecule has 0 radical (unpaired) electrons. The Morgan fingerprint density at radius 1 is 1.08 bits per heavy atom. The Balaban J connectivity index is 1.68. The Bertz CT molecular complexity index is 707. The van der Waals surface area contributed by atoms with Crippen LogP contribution in [0.3, 0.4) is 0 Å². The van der Waals surface area contributed by atoms with E-state index >= 15 is 0 Å². The van der Waals surface area contributed by atoms with Gasteiger partial charge in [0.15, 0.2) is 0 Å². The second-order valence-electron chi connectivity index (χ2n) is 6.23. The molecule has 2 saturated heterocycles. The van der Waals surface area contributed by atoms with Gasteiger partial charge in [0.05, 0.1) is 0 Å². The summed E-state index contributed by atoms with van der Waals surface area (Å²) in [7, 11) is 0. The largest absolute Gasteiger partial charge is 0.341 e. The standard InChI is InChI=1S/C18H20ClN3O3/c19-14-7-5-13(6-8-14)11-15-17(24)22(18(25)20-15)12-16(23)21-9-3-1-2-4-10-21/h5-8,11H,1-4,9-10,12H2,(H,20,25)/b15-11-. The minimum atomic E-state index is -0.562. The van der Waals surface area contributed by atoms with Crippen LogP contribution in [0.5, 0.6) is 0 Å². The van der Waals surface area contributed by atoms with Crippen LogP contribution in [-0.2, 0) is 9.59 Å². The normalized spacial score (nSPS) is 20.0. The highest BCUT2D eigenvalue weighted by atomic mass is 35.5. The van der Waals surface area contributed by atoms with Gasteiger partial charge in [-0.3, -0.25) is 9.59 Å². The van der Waals surface area contributed by atoms with Gasteiger partial charge in [0.1, 0.15) is 12.2 Å². The molecule has 0 saturated carbocycles. The van der Waals surface area contributed by atoms with Crippen LogP contribution < -0.4 is 5.32 Å². The van der Waals surface area contributed by atoms with E-state index < -0.39 is 11.9 Å². The first-order valence-corrected chi connectivity index (χ1v) is 8.80. The van der Waals surface area contributed by atoms with Crippen molar-refractivity contribution in [3.8, 4) is 0 Å². The number of hydrogen-bond acceptors (Lipinski definition) is 3. The Hall–Kier alpha value is -2.34. The maximum absolute atomic E-state index is 12.5. The van der Waals surface area contributed by atoms with Crippen molar-refractivity contribution >= 4 is 35.5 Å². The first kappa shape index (κ1) is 17.5. The van der Waals surface area contributed by atoms with E-state index in [1.54, 1.807) is 35.2 Å². The molecule has 2 aliphatic rings. The van der Waals surface area contributed by atoms with Crippen LogP contribution >= 0.6 is 11.6 Å². The molecule has 3 rings (SSSR count). The second-order valence-corrected chi connectivity index (χ2v) is 6.66. The number of rotatable bonds is 3. The number of nitrogens with one attached hydrogen (secondary N) is 1. The van der Waals surface area contributed by atoms with Crippen molar-refractivity contribution in [2.75, 3.05) is 19.6 Å². The molecule has 0 atom stereocenters. The number of halogens is 1. The lowest BCUT2D eigenvalue weighted by Gasteiger charge is -2.22. The molecule has 2 fully saturated rings. The van der Waals surface area contributed by atoms with Crippen LogP contribution in [-0.4, -0.2) is 47.3 Å². The summed E-state index contributed by atoms with van der Waals surface area (Å²) in [5.74, 6) is -0.665. The topological polar surface area (TPSA) is 69.7 Å². The maximum atomic E-state index is 12.5. The number of benzene rings is 1. The van der Waals surface area contributed by atoms with Gasteiger partial charge >= 0.3 is 6.03 Å². The predicted molar refractivity (Wildman–Crippen MR) is 94.7 cm³/mol. The zero-order valence-corrected chi connectivity index (χ0v) is 14.6. The van der Waals surface area contributed by atoms with Gasteiger partial charge in [-0.2, -0.15) is 0 Å². The van der Waals surface area contributed by atoms with Crippen LogP contribution in [0, 0.1) is 0 Å². The summed E-state index contributed by atoms with van der Waals surface area (Å²) in [6.45, 7) is 1.16. The summed E-state index contributed by atoms with van der Waals surface area (Å²) in [5, 5.41) is 3.12. The van der Waals surface area contributed by atoms with Crippen LogP contribution in [0.4, 0.5) is 4.79 Å². The molecule has 2 aliphatic heterocycles. The van der Waals surface area contributed by atoms with Gasteiger partial charge in [0.25, 0.3) is 5.91 Å². The lowest BCUT2D eigenvalue weighted by Crippen LogP contribution is -2.43. The molecule has 132 valence electrons. The van der Waals surface area contributed by atoms with Crippen LogP contribution in [0.2, 0.25) is 5.02 Å². The van der Waals surface area contributed by atoms with Gasteiger partial charge in [-0.15, -0.1) is 0 Å². The fourth-order valence-electron chi connectivity index (χ4n) is 3.00. The molecule has 4 amide bonds. The summed E-state index contributed by atoms with van der Waals surface area (Å²) in [6, 6.07) is 6.35. The van der Waals surface area contributed by atoms with Gasteiger partial charge < -0.3 is 10.2 Å². The van der Waals surface area contributed by atoms with Crippen LogP contribution in [0.25, 0.3) is 6.08 Å². The molecule has 1 aromatic carbocycles. The molecule has 0 aromatic heterocycles. The smallest absolute Gasteiger partial charge is 0.329 e. The molecule has 6 nitrogen and oxygen atoms in total. The van der Waals surface area contributed by atoms with E-state index in [0.717, 1.165) is 36.1 Å². The van der Waals surface area contributed by atoms with E-state index in [-0.39, 0.29) is 18.1 Å². The fourth-order valence-corrected chi connectivity index (χ4v) is 3.12. The molecular weight excluding hydrogens is 342 g/mol. The summed E-state index contributed by atoms with van der Waals surface area (Å²) in [4.78, 5) is 39.7. The Morgan fingerprint density at radius 2 is 1.72 bits per heavy atom. The number of carbonyl (C=O) groups excluding carboxylic acids is 3. The zero-order chi connectivity index (χ0) is 17.8. The van der Waals surface area contributed by atoms with Crippen molar-refractivity contribution in [2.45, 2.75) is 25.7 Å². The molecule has 0 bridgehead atoms. The van der Waals surface area contributed by atoms with E-state index in [1.807, 2.05) is 0 Å². The molecule has 0 spiro atoms. The van der Waals surface area contributed by atoms with E-state index in [2.05, 4.69) is 5.32 Å². The van der Waals surface area contributed by atoms with Gasteiger partial charge in [-0.05, 0) is 36.6 Å². The lowest BCUT2D eigenvalue weighted by atomic mass is 10.2. The molecule has 0 aliphatic carbocycles. The molecule has 25 heavy (non-hydrogen) atoms. The van der Waals surface area contributed by atoms with Crippen LogP contribution in [0.1, 0.15) is 31.2 Å². The average Bonchev–Trinajstić information content (AvgIpc) is 2.80. The van der Waals surface area contributed by atoms with Crippen molar-refractivity contribution in [2.24, 2.45) is 0 Å². The monoisotopic (exact) mass is 361 g/mol. The summed E-state index contributed by atoms with van der Waals surface area (Å²) < 4.78 is 0. The first-order valence-electron chi connectivity index (χ1n) is 8.42. The van der Waals surface area contributed by atoms with E-state index in [0.29, 0.717) is 18.1 Å². The lowest BCUT2D eigenvalue weighted by molar-refractivity contribution is -0.135. The Morgan fingerprint density at radius 3 is 2.36 bits per heavy atom. The molecule has 0 unspecified atom stereocenters. The average molecular weight is 362 g/mol. The van der Waals surface area contributed by atoms with E-state index in [4.69, 9.17) is 11.6 Å². The van der Waals surface area contributed by atoms with Gasteiger partial charge in [-0.25, -0.2) is 9.69 Å². The Labute approximate surface area is 151 Å².